The minimum atomic E-state index is 0.565. The van der Waals surface area contributed by atoms with Crippen molar-refractivity contribution in [3.05, 3.63) is 46.6 Å². The van der Waals surface area contributed by atoms with Gasteiger partial charge in [0, 0.05) is 43.9 Å². The van der Waals surface area contributed by atoms with Crippen molar-refractivity contribution in [1.82, 2.24) is 15.0 Å². The van der Waals surface area contributed by atoms with Gasteiger partial charge in [-0.1, -0.05) is 6.07 Å². The first kappa shape index (κ1) is 13.5. The smallest absolute Gasteiger partial charge is 0.135 e. The normalized spacial score (nSPS) is 14.3. The van der Waals surface area contributed by atoms with Crippen LogP contribution in [0.4, 0.5) is 5.82 Å². The highest BCUT2D eigenvalue weighted by Crippen LogP contribution is 2.39. The number of anilines is 1. The summed E-state index contributed by atoms with van der Waals surface area (Å²) in [6.45, 7) is 0.893. The highest BCUT2D eigenvalue weighted by atomic mass is 79.9. The molecule has 3 rings (SSSR count). The first-order valence-electron chi connectivity index (χ1n) is 6.88. The van der Waals surface area contributed by atoms with Crippen molar-refractivity contribution in [3.63, 3.8) is 0 Å². The van der Waals surface area contributed by atoms with Crippen LogP contribution in [0.3, 0.4) is 0 Å². The molecule has 0 amide bonds. The minimum Gasteiger partial charge on any atom is -0.359 e. The summed E-state index contributed by atoms with van der Waals surface area (Å²) in [5.74, 6) is 2.51. The Kier molecular flexibility index (Phi) is 3.96. The molecule has 0 atom stereocenters. The lowest BCUT2D eigenvalue weighted by Crippen LogP contribution is -2.22. The third-order valence-corrected chi connectivity index (χ3v) is 3.87. The third kappa shape index (κ3) is 3.33. The summed E-state index contributed by atoms with van der Waals surface area (Å²) in [4.78, 5) is 15.6. The summed E-state index contributed by atoms with van der Waals surface area (Å²) >= 11 is 3.48. The molecule has 1 aliphatic carbocycles. The van der Waals surface area contributed by atoms with E-state index >= 15 is 0 Å². The van der Waals surface area contributed by atoms with Gasteiger partial charge in [-0.2, -0.15) is 0 Å². The first-order chi connectivity index (χ1) is 9.72. The lowest BCUT2D eigenvalue weighted by Gasteiger charge is -2.18. The molecule has 2 aromatic heterocycles. The fraction of sp³-hybridized carbons (Fsp3) is 0.400. The quantitative estimate of drug-likeness (QED) is 0.788. The van der Waals surface area contributed by atoms with Gasteiger partial charge in [-0.05, 0) is 40.9 Å². The van der Waals surface area contributed by atoms with Crippen molar-refractivity contribution in [2.45, 2.75) is 25.2 Å². The maximum atomic E-state index is 4.67. The van der Waals surface area contributed by atoms with E-state index in [-0.39, 0.29) is 0 Å². The molecule has 0 spiro atoms. The van der Waals surface area contributed by atoms with Crippen LogP contribution >= 0.6 is 15.9 Å². The molecule has 0 saturated heterocycles. The number of rotatable bonds is 5. The van der Waals surface area contributed by atoms with Gasteiger partial charge in [-0.25, -0.2) is 9.97 Å². The largest absolute Gasteiger partial charge is 0.359 e. The molecule has 0 bridgehead atoms. The maximum absolute atomic E-state index is 4.67. The highest BCUT2D eigenvalue weighted by Gasteiger charge is 2.27. The van der Waals surface area contributed by atoms with E-state index in [1.54, 1.807) is 0 Å². The Morgan fingerprint density at radius 2 is 2.15 bits per heavy atom. The number of hydrogen-bond donors (Lipinski definition) is 0. The van der Waals surface area contributed by atoms with E-state index in [1.165, 1.54) is 12.8 Å². The van der Waals surface area contributed by atoms with Gasteiger partial charge in [0.05, 0.1) is 0 Å². The summed E-state index contributed by atoms with van der Waals surface area (Å²) in [6, 6.07) is 8.00. The van der Waals surface area contributed by atoms with Crippen LogP contribution in [0.25, 0.3) is 0 Å². The van der Waals surface area contributed by atoms with Crippen LogP contribution < -0.4 is 4.90 Å². The number of aromatic nitrogens is 3. The van der Waals surface area contributed by atoms with Gasteiger partial charge >= 0.3 is 0 Å². The average molecular weight is 333 g/mol. The number of pyridine rings is 1. The van der Waals surface area contributed by atoms with Gasteiger partial charge in [-0.3, -0.25) is 4.98 Å². The highest BCUT2D eigenvalue weighted by molar-refractivity contribution is 9.10. The number of hydrogen-bond acceptors (Lipinski definition) is 4. The maximum Gasteiger partial charge on any atom is 0.135 e. The van der Waals surface area contributed by atoms with Crippen LogP contribution in [-0.2, 0) is 6.42 Å². The van der Waals surface area contributed by atoms with Crippen LogP contribution in [-0.4, -0.2) is 28.5 Å². The van der Waals surface area contributed by atoms with E-state index < -0.39 is 0 Å². The zero-order valence-corrected chi connectivity index (χ0v) is 13.0. The second-order valence-corrected chi connectivity index (χ2v) is 5.99. The molecule has 0 aromatic carbocycles. The SMILES string of the molecule is CN(CCc1ccccn1)c1cc(Br)nc(C2CC2)n1. The van der Waals surface area contributed by atoms with Crippen molar-refractivity contribution in [3.8, 4) is 0 Å². The molecule has 20 heavy (non-hydrogen) atoms. The summed E-state index contributed by atoms with van der Waals surface area (Å²) in [5.41, 5.74) is 1.11. The Bertz CT molecular complexity index is 584. The first-order valence-corrected chi connectivity index (χ1v) is 7.67. The van der Waals surface area contributed by atoms with Gasteiger partial charge in [0.2, 0.25) is 0 Å². The van der Waals surface area contributed by atoms with Crippen molar-refractivity contribution < 1.29 is 0 Å². The van der Waals surface area contributed by atoms with Crippen LogP contribution in [0.5, 0.6) is 0 Å². The standard InChI is InChI=1S/C15H17BrN4/c1-20(9-7-12-4-2-3-8-17-12)14-10-13(16)18-15(19-14)11-5-6-11/h2-4,8,10-11H,5-7,9H2,1H3. The fourth-order valence-corrected chi connectivity index (χ4v) is 2.47. The molecule has 4 nitrogen and oxygen atoms in total. The van der Waals surface area contributed by atoms with Crippen LogP contribution in [0, 0.1) is 0 Å². The van der Waals surface area contributed by atoms with Crippen molar-refractivity contribution in [2.24, 2.45) is 0 Å². The van der Waals surface area contributed by atoms with E-state index in [9.17, 15) is 0 Å². The molecule has 104 valence electrons. The summed E-state index contributed by atoms with van der Waals surface area (Å²) in [6.07, 6.45) is 5.18. The fourth-order valence-electron chi connectivity index (χ4n) is 2.09. The van der Waals surface area contributed by atoms with Gasteiger partial charge in [0.15, 0.2) is 0 Å². The Hall–Kier alpha value is -1.49. The summed E-state index contributed by atoms with van der Waals surface area (Å²) in [7, 11) is 2.06. The van der Waals surface area contributed by atoms with Gasteiger partial charge < -0.3 is 4.90 Å². The van der Waals surface area contributed by atoms with Gasteiger partial charge in [0.25, 0.3) is 0 Å². The lowest BCUT2D eigenvalue weighted by molar-refractivity contribution is 0.817. The third-order valence-electron chi connectivity index (χ3n) is 3.46. The molecule has 1 fully saturated rings. The average Bonchev–Trinajstić information content (AvgIpc) is 3.30. The molecule has 1 aliphatic rings. The molecule has 2 aromatic rings. The zero-order chi connectivity index (χ0) is 13.9. The number of likely N-dealkylation sites (N-methyl/N-ethyl adjacent to an activating group) is 1. The summed E-state index contributed by atoms with van der Waals surface area (Å²) < 4.78 is 0.870. The van der Waals surface area contributed by atoms with E-state index in [0.29, 0.717) is 5.92 Å². The number of halogens is 1. The predicted octanol–water partition coefficient (Wildman–Crippen LogP) is 3.19. The van der Waals surface area contributed by atoms with Gasteiger partial charge in [0.1, 0.15) is 16.2 Å². The molecule has 0 N–H and O–H groups in total. The molecule has 0 radical (unpaired) electrons. The Morgan fingerprint density at radius 3 is 2.85 bits per heavy atom. The lowest BCUT2D eigenvalue weighted by atomic mass is 10.2. The van der Waals surface area contributed by atoms with Crippen molar-refractivity contribution in [2.75, 3.05) is 18.5 Å². The van der Waals surface area contributed by atoms with Gasteiger partial charge in [-0.15, -0.1) is 0 Å². The second kappa shape index (κ2) is 5.87. The zero-order valence-electron chi connectivity index (χ0n) is 11.5. The molecule has 1 saturated carbocycles. The van der Waals surface area contributed by atoms with Crippen LogP contribution in [0.15, 0.2) is 35.1 Å². The monoisotopic (exact) mass is 332 g/mol. The molecule has 5 heteroatoms. The Morgan fingerprint density at radius 1 is 1.30 bits per heavy atom. The molecular formula is C15H17BrN4. The predicted molar refractivity (Wildman–Crippen MR) is 82.9 cm³/mol. The Balaban J connectivity index is 1.68. The second-order valence-electron chi connectivity index (χ2n) is 5.17. The van der Waals surface area contributed by atoms with E-state index in [0.717, 1.165) is 34.9 Å². The molecule has 2 heterocycles. The molecule has 0 unspecified atom stereocenters. The minimum absolute atomic E-state index is 0.565. The Labute approximate surface area is 127 Å². The summed E-state index contributed by atoms with van der Waals surface area (Å²) in [5, 5.41) is 0. The molecule has 0 aliphatic heterocycles. The van der Waals surface area contributed by atoms with Crippen LogP contribution in [0.1, 0.15) is 30.3 Å². The van der Waals surface area contributed by atoms with E-state index in [4.69, 9.17) is 0 Å². The van der Waals surface area contributed by atoms with E-state index in [1.807, 2.05) is 24.4 Å². The van der Waals surface area contributed by atoms with Crippen molar-refractivity contribution in [1.29, 1.82) is 0 Å². The van der Waals surface area contributed by atoms with E-state index in [2.05, 4.69) is 48.9 Å². The van der Waals surface area contributed by atoms with Crippen molar-refractivity contribution >= 4 is 21.7 Å². The molecular weight excluding hydrogens is 316 g/mol. The topological polar surface area (TPSA) is 41.9 Å². The van der Waals surface area contributed by atoms with Crippen LogP contribution in [0.2, 0.25) is 0 Å². The number of nitrogens with zero attached hydrogens (tertiary/aromatic N) is 4.